The number of aryl methyl sites for hydroxylation is 1. The summed E-state index contributed by atoms with van der Waals surface area (Å²) in [5, 5.41) is 5.90. The molecular formula is C10H10IN3. The van der Waals surface area contributed by atoms with Crippen LogP contribution in [0.5, 0.6) is 0 Å². The van der Waals surface area contributed by atoms with Crippen molar-refractivity contribution in [2.24, 2.45) is 7.05 Å². The van der Waals surface area contributed by atoms with Crippen LogP contribution in [-0.2, 0) is 7.05 Å². The van der Waals surface area contributed by atoms with Crippen LogP contribution in [0.4, 0.5) is 0 Å². The quantitative estimate of drug-likeness (QED) is 0.757. The zero-order valence-corrected chi connectivity index (χ0v) is 10.0. The van der Waals surface area contributed by atoms with Crippen LogP contribution in [0.15, 0.2) is 12.4 Å². The molecule has 0 radical (unpaired) electrons. The summed E-state index contributed by atoms with van der Waals surface area (Å²) in [7, 11) is 1.99. The van der Waals surface area contributed by atoms with Crippen LogP contribution >= 0.6 is 22.6 Å². The number of aromatic nitrogens is 3. The molecule has 4 heteroatoms. The fourth-order valence-corrected chi connectivity index (χ4v) is 2.55. The Morgan fingerprint density at radius 2 is 2.21 bits per heavy atom. The number of hydrogen-bond acceptors (Lipinski definition) is 2. The van der Waals surface area contributed by atoms with E-state index < -0.39 is 0 Å². The van der Waals surface area contributed by atoms with E-state index >= 15 is 0 Å². The Morgan fingerprint density at radius 1 is 1.43 bits per heavy atom. The van der Waals surface area contributed by atoms with Crippen molar-refractivity contribution < 1.29 is 0 Å². The maximum atomic E-state index is 4.58. The highest BCUT2D eigenvalue weighted by molar-refractivity contribution is 14.1. The van der Waals surface area contributed by atoms with Gasteiger partial charge in [-0.3, -0.25) is 9.67 Å². The third-order valence-electron chi connectivity index (χ3n) is 2.71. The molecule has 1 fully saturated rings. The van der Waals surface area contributed by atoms with Crippen LogP contribution < -0.4 is 0 Å². The maximum Gasteiger partial charge on any atom is 0.0875 e. The second kappa shape index (κ2) is 2.92. The van der Waals surface area contributed by atoms with E-state index in [1.54, 1.807) is 0 Å². The molecule has 0 aliphatic heterocycles. The van der Waals surface area contributed by atoms with Gasteiger partial charge in [0.2, 0.25) is 0 Å². The Balaban J connectivity index is 2.39. The topological polar surface area (TPSA) is 30.7 Å². The van der Waals surface area contributed by atoms with E-state index in [-0.39, 0.29) is 0 Å². The Hall–Kier alpha value is -0.650. The fraction of sp³-hybridized carbons (Fsp3) is 0.400. The van der Waals surface area contributed by atoms with Gasteiger partial charge in [0.15, 0.2) is 0 Å². The van der Waals surface area contributed by atoms with Crippen LogP contribution in [0.3, 0.4) is 0 Å². The van der Waals surface area contributed by atoms with Crippen LogP contribution in [-0.4, -0.2) is 14.8 Å². The Kier molecular flexibility index (Phi) is 1.80. The highest BCUT2D eigenvalue weighted by Crippen LogP contribution is 2.43. The van der Waals surface area contributed by atoms with Gasteiger partial charge in [-0.2, -0.15) is 5.10 Å². The molecular weight excluding hydrogens is 289 g/mol. The Morgan fingerprint density at radius 3 is 2.93 bits per heavy atom. The number of rotatable bonds is 1. The average molecular weight is 299 g/mol. The number of pyridine rings is 1. The molecule has 0 N–H and O–H groups in total. The third kappa shape index (κ3) is 1.16. The summed E-state index contributed by atoms with van der Waals surface area (Å²) in [5.41, 5.74) is 2.42. The molecule has 0 bridgehead atoms. The molecule has 1 aliphatic carbocycles. The summed E-state index contributed by atoms with van der Waals surface area (Å²) in [6.07, 6.45) is 6.40. The van der Waals surface area contributed by atoms with Crippen molar-refractivity contribution in [3.8, 4) is 0 Å². The van der Waals surface area contributed by atoms with Crippen molar-refractivity contribution in [3.63, 3.8) is 0 Å². The van der Waals surface area contributed by atoms with Crippen molar-refractivity contribution in [2.75, 3.05) is 0 Å². The molecule has 1 saturated carbocycles. The minimum atomic E-state index is 0.703. The third-order valence-corrected chi connectivity index (χ3v) is 3.52. The van der Waals surface area contributed by atoms with Gasteiger partial charge in [-0.25, -0.2) is 0 Å². The van der Waals surface area contributed by atoms with Gasteiger partial charge in [0, 0.05) is 28.1 Å². The van der Waals surface area contributed by atoms with E-state index in [2.05, 4.69) is 32.7 Å². The highest BCUT2D eigenvalue weighted by atomic mass is 127. The molecule has 0 spiro atoms. The lowest BCUT2D eigenvalue weighted by molar-refractivity contribution is 0.766. The minimum Gasteiger partial charge on any atom is -0.266 e. The first kappa shape index (κ1) is 8.64. The first-order valence-electron chi connectivity index (χ1n) is 4.73. The van der Waals surface area contributed by atoms with Gasteiger partial charge in [-0.05, 0) is 35.4 Å². The van der Waals surface area contributed by atoms with Crippen molar-refractivity contribution in [1.82, 2.24) is 14.8 Å². The van der Waals surface area contributed by atoms with Gasteiger partial charge in [0.25, 0.3) is 0 Å². The fourth-order valence-electron chi connectivity index (χ4n) is 1.83. The summed E-state index contributed by atoms with van der Waals surface area (Å²) in [6.45, 7) is 0. The van der Waals surface area contributed by atoms with E-state index in [1.807, 2.05) is 24.1 Å². The number of nitrogens with zero attached hydrogens (tertiary/aromatic N) is 3. The lowest BCUT2D eigenvalue weighted by atomic mass is 10.2. The van der Waals surface area contributed by atoms with Gasteiger partial charge in [0.1, 0.15) is 0 Å². The zero-order chi connectivity index (χ0) is 9.71. The Bertz CT molecular complexity index is 499. The van der Waals surface area contributed by atoms with E-state index in [0.717, 1.165) is 5.52 Å². The molecule has 0 atom stereocenters. The van der Waals surface area contributed by atoms with E-state index in [9.17, 15) is 0 Å². The molecule has 0 unspecified atom stereocenters. The lowest BCUT2D eigenvalue weighted by Gasteiger charge is -1.95. The summed E-state index contributed by atoms with van der Waals surface area (Å²) < 4.78 is 3.16. The molecule has 3 rings (SSSR count). The Labute approximate surface area is 95.7 Å². The van der Waals surface area contributed by atoms with Crippen LogP contribution in [0.25, 0.3) is 10.9 Å². The SMILES string of the molecule is Cn1nc(C2CC2)c2c(I)cncc21. The predicted octanol–water partition coefficient (Wildman–Crippen LogP) is 2.45. The molecule has 72 valence electrons. The predicted molar refractivity (Wildman–Crippen MR) is 63.2 cm³/mol. The number of fused-ring (bicyclic) bond motifs is 1. The van der Waals surface area contributed by atoms with E-state index in [1.165, 1.54) is 27.5 Å². The van der Waals surface area contributed by atoms with Crippen molar-refractivity contribution in [3.05, 3.63) is 21.7 Å². The van der Waals surface area contributed by atoms with Crippen molar-refractivity contribution in [2.45, 2.75) is 18.8 Å². The molecule has 2 aromatic rings. The first-order chi connectivity index (χ1) is 6.77. The molecule has 3 nitrogen and oxygen atoms in total. The summed E-state index contributed by atoms with van der Waals surface area (Å²) in [6, 6.07) is 0. The largest absolute Gasteiger partial charge is 0.266 e. The minimum absolute atomic E-state index is 0.703. The van der Waals surface area contributed by atoms with Gasteiger partial charge in [-0.15, -0.1) is 0 Å². The molecule has 2 aromatic heterocycles. The number of halogens is 1. The van der Waals surface area contributed by atoms with Crippen LogP contribution in [0.2, 0.25) is 0 Å². The van der Waals surface area contributed by atoms with Crippen molar-refractivity contribution in [1.29, 1.82) is 0 Å². The molecule has 14 heavy (non-hydrogen) atoms. The standard InChI is InChI=1S/C10H10IN3/c1-14-8-5-12-4-7(11)9(8)10(13-14)6-2-3-6/h4-6H,2-3H2,1H3. The molecule has 2 heterocycles. The molecule has 0 amide bonds. The summed E-state index contributed by atoms with van der Waals surface area (Å²) in [5.74, 6) is 0.703. The lowest BCUT2D eigenvalue weighted by Crippen LogP contribution is -1.90. The van der Waals surface area contributed by atoms with Crippen molar-refractivity contribution >= 4 is 33.5 Å². The van der Waals surface area contributed by atoms with E-state index in [4.69, 9.17) is 0 Å². The highest BCUT2D eigenvalue weighted by Gasteiger charge is 2.29. The van der Waals surface area contributed by atoms with Gasteiger partial charge in [0.05, 0.1) is 17.4 Å². The second-order valence-electron chi connectivity index (χ2n) is 3.80. The molecule has 1 aliphatic rings. The normalized spacial score (nSPS) is 16.4. The van der Waals surface area contributed by atoms with Gasteiger partial charge < -0.3 is 0 Å². The number of hydrogen-bond donors (Lipinski definition) is 0. The van der Waals surface area contributed by atoms with Gasteiger partial charge >= 0.3 is 0 Å². The summed E-state index contributed by atoms with van der Waals surface area (Å²) >= 11 is 2.34. The zero-order valence-electron chi connectivity index (χ0n) is 7.87. The smallest absolute Gasteiger partial charge is 0.0875 e. The monoisotopic (exact) mass is 299 g/mol. The van der Waals surface area contributed by atoms with E-state index in [0.29, 0.717) is 5.92 Å². The maximum absolute atomic E-state index is 4.58. The summed E-state index contributed by atoms with van der Waals surface area (Å²) in [4.78, 5) is 4.20. The second-order valence-corrected chi connectivity index (χ2v) is 4.96. The average Bonchev–Trinajstić information content (AvgIpc) is 2.94. The molecule has 0 saturated heterocycles. The molecule has 0 aromatic carbocycles. The first-order valence-corrected chi connectivity index (χ1v) is 5.81. The van der Waals surface area contributed by atoms with Crippen LogP contribution in [0, 0.1) is 3.57 Å². The van der Waals surface area contributed by atoms with Gasteiger partial charge in [-0.1, -0.05) is 0 Å². The van der Waals surface area contributed by atoms with Crippen LogP contribution in [0.1, 0.15) is 24.5 Å².